The minimum atomic E-state index is -1.22. The molecule has 0 radical (unpaired) electrons. The maximum atomic E-state index is 17.2. The molecule has 0 aliphatic carbocycles. The molecular formula is C33H37FN6O2. The average Bonchev–Trinajstić information content (AvgIpc) is 3.52. The number of nitrogens with zero attached hydrogens (tertiary/aromatic N) is 6. The van der Waals surface area contributed by atoms with Crippen molar-refractivity contribution in [2.45, 2.75) is 44.2 Å². The first-order valence-corrected chi connectivity index (χ1v) is 14.9. The fourth-order valence-electron chi connectivity index (χ4n) is 7.16. The van der Waals surface area contributed by atoms with Crippen LogP contribution in [-0.4, -0.2) is 67.9 Å². The van der Waals surface area contributed by atoms with Gasteiger partial charge in [0, 0.05) is 56.1 Å². The summed E-state index contributed by atoms with van der Waals surface area (Å²) in [6, 6.07) is 16.1. The number of aryl methyl sites for hydroxylation is 2. The first-order chi connectivity index (χ1) is 20.4. The zero-order chi connectivity index (χ0) is 29.0. The van der Waals surface area contributed by atoms with Crippen LogP contribution in [0.2, 0.25) is 0 Å². The Morgan fingerprint density at radius 1 is 1.05 bits per heavy atom. The summed E-state index contributed by atoms with van der Waals surface area (Å²) in [6.45, 7) is 4.72. The van der Waals surface area contributed by atoms with E-state index in [2.05, 4.69) is 38.0 Å². The van der Waals surface area contributed by atoms with Gasteiger partial charge in [0.1, 0.15) is 0 Å². The van der Waals surface area contributed by atoms with Gasteiger partial charge in [0.2, 0.25) is 0 Å². The van der Waals surface area contributed by atoms with Crippen LogP contribution in [-0.2, 0) is 17.4 Å². The second-order valence-electron chi connectivity index (χ2n) is 12.1. The number of hydrogen-bond acceptors (Lipinski definition) is 6. The molecular weight excluding hydrogens is 531 g/mol. The quantitative estimate of drug-likeness (QED) is 0.307. The zero-order valence-corrected chi connectivity index (χ0v) is 24.4. The third-order valence-electron chi connectivity index (χ3n) is 9.46. The summed E-state index contributed by atoms with van der Waals surface area (Å²) in [5.41, 5.74) is 4.94. The van der Waals surface area contributed by atoms with Crippen molar-refractivity contribution in [3.8, 4) is 11.3 Å². The van der Waals surface area contributed by atoms with Gasteiger partial charge in [-0.3, -0.25) is 4.98 Å². The largest absolute Gasteiger partial charge is 0.385 e. The van der Waals surface area contributed by atoms with Crippen molar-refractivity contribution in [2.75, 3.05) is 33.4 Å². The van der Waals surface area contributed by atoms with Crippen LogP contribution in [0.5, 0.6) is 0 Å². The number of piperidine rings is 1. The molecule has 218 valence electrons. The molecule has 0 amide bonds. The van der Waals surface area contributed by atoms with E-state index in [1.807, 2.05) is 51.5 Å². The third kappa shape index (κ3) is 4.42. The summed E-state index contributed by atoms with van der Waals surface area (Å²) in [5, 5.41) is 21.0. The topological polar surface area (TPSA) is 81.2 Å². The average molecular weight is 569 g/mol. The summed E-state index contributed by atoms with van der Waals surface area (Å²) >= 11 is 0. The molecule has 2 saturated heterocycles. The number of aromatic nitrogens is 5. The fraction of sp³-hybridized carbons (Fsp3) is 0.424. The van der Waals surface area contributed by atoms with Crippen molar-refractivity contribution in [2.24, 2.45) is 13.0 Å². The molecule has 5 heterocycles. The maximum absolute atomic E-state index is 17.2. The lowest BCUT2D eigenvalue weighted by molar-refractivity contribution is -0.0228. The smallest absolute Gasteiger partial charge is 0.153 e. The summed E-state index contributed by atoms with van der Waals surface area (Å²) in [5.74, 6) is -0.122. The standard InChI is InChI=1S/C33H37FN6O2/c1-21-30(39(3)37-36-21)24-19-27-29(35-20-24)25-9-10-26(33(41)13-15-38(2)16-14-33)28(34)32(25)40(27)31(22-7-5-4-6-8-22)23-11-17-42-18-12-23/h4-10,19-20,23,31,41H,11-18H2,1-3H3/t31-/m1/s1. The summed E-state index contributed by atoms with van der Waals surface area (Å²) in [6.07, 6.45) is 4.55. The molecule has 2 aliphatic rings. The molecule has 9 heteroatoms. The summed E-state index contributed by atoms with van der Waals surface area (Å²) in [7, 11) is 3.91. The molecule has 3 aromatic heterocycles. The van der Waals surface area contributed by atoms with Gasteiger partial charge in [0.15, 0.2) is 5.82 Å². The van der Waals surface area contributed by atoms with E-state index in [-0.39, 0.29) is 17.8 Å². The minimum absolute atomic E-state index is 0.144. The summed E-state index contributed by atoms with van der Waals surface area (Å²) in [4.78, 5) is 7.13. The van der Waals surface area contributed by atoms with Crippen LogP contribution < -0.4 is 0 Å². The first-order valence-electron chi connectivity index (χ1n) is 14.9. The number of rotatable bonds is 5. The molecule has 42 heavy (non-hydrogen) atoms. The Morgan fingerprint density at radius 3 is 2.48 bits per heavy atom. The SMILES string of the molecule is Cc1nnn(C)c1-c1cnc2c3ccc(C4(O)CCN(C)CC4)c(F)c3n([C@H](c3ccccc3)C3CCOCC3)c2c1. The fourth-order valence-corrected chi connectivity index (χ4v) is 7.16. The number of benzene rings is 2. The second-order valence-corrected chi connectivity index (χ2v) is 12.1. The van der Waals surface area contributed by atoms with Crippen LogP contribution in [0.3, 0.4) is 0 Å². The highest BCUT2D eigenvalue weighted by molar-refractivity contribution is 6.07. The molecule has 0 unspecified atom stereocenters. The Bertz CT molecular complexity index is 1730. The maximum Gasteiger partial charge on any atom is 0.153 e. The van der Waals surface area contributed by atoms with E-state index in [0.29, 0.717) is 50.2 Å². The second kappa shape index (κ2) is 10.6. The Hall–Kier alpha value is -3.66. The van der Waals surface area contributed by atoms with Crippen LogP contribution in [0, 0.1) is 18.7 Å². The molecule has 8 nitrogen and oxygen atoms in total. The lowest BCUT2D eigenvalue weighted by Crippen LogP contribution is -2.41. The highest BCUT2D eigenvalue weighted by Gasteiger charge is 2.38. The predicted molar refractivity (Wildman–Crippen MR) is 161 cm³/mol. The Labute approximate surface area is 244 Å². The number of aliphatic hydroxyl groups is 1. The molecule has 7 rings (SSSR count). The van der Waals surface area contributed by atoms with Gasteiger partial charge in [-0.05, 0) is 57.2 Å². The van der Waals surface area contributed by atoms with Crippen LogP contribution in [0.4, 0.5) is 4.39 Å². The van der Waals surface area contributed by atoms with E-state index in [4.69, 9.17) is 9.72 Å². The molecule has 1 atom stereocenters. The summed E-state index contributed by atoms with van der Waals surface area (Å²) < 4.78 is 26.9. The van der Waals surface area contributed by atoms with E-state index in [1.54, 1.807) is 10.7 Å². The molecule has 0 spiro atoms. The Balaban J connectivity index is 1.54. The predicted octanol–water partition coefficient (Wildman–Crippen LogP) is 5.36. The van der Waals surface area contributed by atoms with E-state index in [0.717, 1.165) is 51.8 Å². The monoisotopic (exact) mass is 568 g/mol. The van der Waals surface area contributed by atoms with Crippen molar-refractivity contribution in [3.63, 3.8) is 0 Å². The van der Waals surface area contributed by atoms with Gasteiger partial charge in [0.25, 0.3) is 0 Å². The van der Waals surface area contributed by atoms with Gasteiger partial charge >= 0.3 is 0 Å². The van der Waals surface area contributed by atoms with E-state index >= 15 is 4.39 Å². The van der Waals surface area contributed by atoms with E-state index in [1.165, 1.54) is 0 Å². The van der Waals surface area contributed by atoms with Crippen molar-refractivity contribution in [3.05, 3.63) is 77.4 Å². The number of halogens is 1. The highest BCUT2D eigenvalue weighted by atomic mass is 19.1. The van der Waals surface area contributed by atoms with Gasteiger partial charge in [-0.1, -0.05) is 47.7 Å². The third-order valence-corrected chi connectivity index (χ3v) is 9.46. The van der Waals surface area contributed by atoms with Crippen LogP contribution in [0.1, 0.15) is 48.5 Å². The number of ether oxygens (including phenoxy) is 1. The van der Waals surface area contributed by atoms with Crippen molar-refractivity contribution in [1.82, 2.24) is 29.4 Å². The number of fused-ring (bicyclic) bond motifs is 3. The van der Waals surface area contributed by atoms with E-state index < -0.39 is 5.60 Å². The van der Waals surface area contributed by atoms with Crippen LogP contribution >= 0.6 is 0 Å². The van der Waals surface area contributed by atoms with Gasteiger partial charge in [-0.2, -0.15) is 0 Å². The van der Waals surface area contributed by atoms with Gasteiger partial charge in [-0.15, -0.1) is 5.10 Å². The van der Waals surface area contributed by atoms with Crippen molar-refractivity contribution < 1.29 is 14.2 Å². The van der Waals surface area contributed by atoms with Gasteiger partial charge in [0.05, 0.1) is 39.6 Å². The first kappa shape index (κ1) is 27.2. The lowest BCUT2D eigenvalue weighted by Gasteiger charge is -2.37. The van der Waals surface area contributed by atoms with Gasteiger partial charge < -0.3 is 19.3 Å². The normalized spacial score (nSPS) is 19.1. The van der Waals surface area contributed by atoms with Crippen molar-refractivity contribution in [1.29, 1.82) is 0 Å². The molecule has 2 aromatic carbocycles. The van der Waals surface area contributed by atoms with E-state index in [9.17, 15) is 5.11 Å². The molecule has 2 fully saturated rings. The highest BCUT2D eigenvalue weighted by Crippen LogP contribution is 2.44. The number of pyridine rings is 1. The minimum Gasteiger partial charge on any atom is -0.385 e. The molecule has 5 aromatic rings. The molecule has 0 bridgehead atoms. The zero-order valence-electron chi connectivity index (χ0n) is 24.4. The Morgan fingerprint density at radius 2 is 1.79 bits per heavy atom. The molecule has 1 N–H and O–H groups in total. The van der Waals surface area contributed by atoms with Gasteiger partial charge in [-0.25, -0.2) is 9.07 Å². The molecule has 2 aliphatic heterocycles. The van der Waals surface area contributed by atoms with Crippen molar-refractivity contribution >= 4 is 21.9 Å². The Kier molecular flexibility index (Phi) is 6.84. The number of likely N-dealkylation sites (tertiary alicyclic amines) is 1. The number of hydrogen-bond donors (Lipinski definition) is 1. The molecule has 0 saturated carbocycles. The van der Waals surface area contributed by atoms with Crippen LogP contribution in [0.25, 0.3) is 33.2 Å². The lowest BCUT2D eigenvalue weighted by atomic mass is 9.83. The van der Waals surface area contributed by atoms with Crippen LogP contribution in [0.15, 0.2) is 54.7 Å².